The highest BCUT2D eigenvalue weighted by Crippen LogP contribution is 2.33. The van der Waals surface area contributed by atoms with Gasteiger partial charge in [0.1, 0.15) is 0 Å². The lowest BCUT2D eigenvalue weighted by atomic mass is 9.94. The summed E-state index contributed by atoms with van der Waals surface area (Å²) < 4.78 is 1.14. The summed E-state index contributed by atoms with van der Waals surface area (Å²) in [5.41, 5.74) is 6.01. The van der Waals surface area contributed by atoms with Crippen LogP contribution in [0.5, 0.6) is 0 Å². The Labute approximate surface area is 139 Å². The van der Waals surface area contributed by atoms with Gasteiger partial charge >= 0.3 is 5.97 Å². The van der Waals surface area contributed by atoms with E-state index in [4.69, 9.17) is 5.73 Å². The highest BCUT2D eigenvalue weighted by atomic mass is 79.9. The van der Waals surface area contributed by atoms with Crippen molar-refractivity contribution in [2.45, 2.75) is 37.6 Å². The fourth-order valence-corrected chi connectivity index (χ4v) is 3.95. The van der Waals surface area contributed by atoms with E-state index in [0.717, 1.165) is 25.7 Å². The van der Waals surface area contributed by atoms with Gasteiger partial charge in [0.25, 0.3) is 0 Å². The zero-order chi connectivity index (χ0) is 15.6. The van der Waals surface area contributed by atoms with Crippen LogP contribution in [0, 0.1) is 0 Å². The van der Waals surface area contributed by atoms with E-state index in [-0.39, 0.29) is 23.6 Å². The van der Waals surface area contributed by atoms with E-state index in [1.807, 2.05) is 0 Å². The van der Waals surface area contributed by atoms with Crippen molar-refractivity contribution in [3.63, 3.8) is 0 Å². The number of halogens is 2. The summed E-state index contributed by atoms with van der Waals surface area (Å²) in [6, 6.07) is 3.15. The number of aromatic carboxylic acids is 1. The summed E-state index contributed by atoms with van der Waals surface area (Å²) in [7, 11) is 0. The molecule has 0 aliphatic heterocycles. The van der Waals surface area contributed by atoms with Gasteiger partial charge in [-0.25, -0.2) is 4.79 Å². The van der Waals surface area contributed by atoms with Crippen LogP contribution < -0.4 is 11.1 Å². The fraction of sp³-hybridized carbons (Fsp3) is 0.429. The molecule has 5 nitrogen and oxygen atoms in total. The Kier molecular flexibility index (Phi) is 5.06. The van der Waals surface area contributed by atoms with E-state index in [9.17, 15) is 14.7 Å². The largest absolute Gasteiger partial charge is 0.478 e. The van der Waals surface area contributed by atoms with Gasteiger partial charge < -0.3 is 16.2 Å². The minimum atomic E-state index is -1.10. The lowest BCUT2D eigenvalue weighted by Gasteiger charge is -2.23. The minimum absolute atomic E-state index is 0.0297. The smallest absolute Gasteiger partial charge is 0.337 e. The Morgan fingerprint density at radius 1 is 1.29 bits per heavy atom. The van der Waals surface area contributed by atoms with Crippen molar-refractivity contribution in [2.75, 3.05) is 5.32 Å². The predicted molar refractivity (Wildman–Crippen MR) is 87.4 cm³/mol. The number of hydrogen-bond donors (Lipinski definition) is 3. The van der Waals surface area contributed by atoms with Crippen molar-refractivity contribution >= 4 is 49.4 Å². The van der Waals surface area contributed by atoms with Crippen molar-refractivity contribution in [3.8, 4) is 0 Å². The molecular weight excluding hydrogens is 404 g/mol. The Balaban J connectivity index is 2.19. The number of nitrogens with one attached hydrogen (secondary N) is 1. The van der Waals surface area contributed by atoms with Gasteiger partial charge in [-0.1, -0.05) is 28.8 Å². The van der Waals surface area contributed by atoms with Crippen LogP contribution in [-0.4, -0.2) is 22.5 Å². The van der Waals surface area contributed by atoms with Crippen LogP contribution in [0.3, 0.4) is 0 Å². The average Bonchev–Trinajstić information content (AvgIpc) is 2.78. The third kappa shape index (κ3) is 4.05. The third-order valence-electron chi connectivity index (χ3n) is 3.66. The number of hydrogen-bond acceptors (Lipinski definition) is 3. The monoisotopic (exact) mass is 418 g/mol. The maximum atomic E-state index is 12.2. The molecule has 0 spiro atoms. The first kappa shape index (κ1) is 16.5. The van der Waals surface area contributed by atoms with Crippen LogP contribution in [0.4, 0.5) is 5.69 Å². The number of anilines is 1. The molecule has 1 aromatic rings. The van der Waals surface area contributed by atoms with Gasteiger partial charge in [-0.05, 0) is 40.9 Å². The molecule has 0 unspecified atom stereocenters. The lowest BCUT2D eigenvalue weighted by Crippen LogP contribution is -2.40. The molecule has 1 aliphatic carbocycles. The van der Waals surface area contributed by atoms with Crippen LogP contribution in [0.15, 0.2) is 21.1 Å². The first-order valence-electron chi connectivity index (χ1n) is 6.62. The van der Waals surface area contributed by atoms with Gasteiger partial charge in [0.15, 0.2) is 0 Å². The third-order valence-corrected chi connectivity index (χ3v) is 4.75. The van der Waals surface area contributed by atoms with Crippen LogP contribution >= 0.6 is 31.9 Å². The summed E-state index contributed by atoms with van der Waals surface area (Å²) in [5, 5.41) is 11.9. The second-order valence-corrected chi connectivity index (χ2v) is 7.18. The molecule has 1 amide bonds. The Morgan fingerprint density at radius 2 is 1.90 bits per heavy atom. The first-order chi connectivity index (χ1) is 9.81. The van der Waals surface area contributed by atoms with E-state index >= 15 is 0 Å². The summed E-state index contributed by atoms with van der Waals surface area (Å²) in [4.78, 5) is 23.5. The lowest BCUT2D eigenvalue weighted by molar-refractivity contribution is -0.117. The molecule has 7 heteroatoms. The normalized spacial score (nSPS) is 16.7. The van der Waals surface area contributed by atoms with E-state index in [1.165, 1.54) is 6.07 Å². The van der Waals surface area contributed by atoms with Crippen molar-refractivity contribution in [1.82, 2.24) is 0 Å². The number of rotatable bonds is 4. The quantitative estimate of drug-likeness (QED) is 0.696. The zero-order valence-electron chi connectivity index (χ0n) is 11.3. The molecule has 1 fully saturated rings. The summed E-state index contributed by atoms with van der Waals surface area (Å²) in [5.74, 6) is -1.36. The Hall–Kier alpha value is -0.920. The van der Waals surface area contributed by atoms with Gasteiger partial charge in [-0.15, -0.1) is 0 Å². The number of carbonyl (C=O) groups is 2. The van der Waals surface area contributed by atoms with Gasteiger partial charge in [-0.2, -0.15) is 0 Å². The van der Waals surface area contributed by atoms with Crippen LogP contribution in [0.25, 0.3) is 0 Å². The van der Waals surface area contributed by atoms with E-state index in [1.54, 1.807) is 6.07 Å². The number of amides is 1. The molecule has 0 aromatic heterocycles. The first-order valence-corrected chi connectivity index (χ1v) is 8.20. The van der Waals surface area contributed by atoms with Crippen molar-refractivity contribution in [3.05, 3.63) is 26.6 Å². The van der Waals surface area contributed by atoms with Gasteiger partial charge in [0, 0.05) is 20.9 Å². The van der Waals surface area contributed by atoms with E-state index in [2.05, 4.69) is 37.2 Å². The second-order valence-electron chi connectivity index (χ2n) is 5.41. The number of nitrogens with two attached hydrogens (primary N) is 1. The average molecular weight is 420 g/mol. The Bertz CT molecular complexity index is 584. The SMILES string of the molecule is NC1(CC(=O)Nc2c(Br)cc(Br)cc2C(=O)O)CCCC1. The summed E-state index contributed by atoms with van der Waals surface area (Å²) in [6.07, 6.45) is 3.92. The predicted octanol–water partition coefficient (Wildman–Crippen LogP) is 3.51. The van der Waals surface area contributed by atoms with Crippen LogP contribution in [0.2, 0.25) is 0 Å². The second kappa shape index (κ2) is 6.46. The van der Waals surface area contributed by atoms with E-state index < -0.39 is 11.5 Å². The van der Waals surface area contributed by atoms with Crippen LogP contribution in [-0.2, 0) is 4.79 Å². The molecule has 1 aromatic carbocycles. The molecule has 0 bridgehead atoms. The highest BCUT2D eigenvalue weighted by molar-refractivity contribution is 9.11. The molecule has 21 heavy (non-hydrogen) atoms. The molecule has 0 radical (unpaired) electrons. The van der Waals surface area contributed by atoms with Crippen molar-refractivity contribution in [2.24, 2.45) is 5.73 Å². The molecule has 114 valence electrons. The molecule has 1 aliphatic rings. The number of carboxylic acids is 1. The van der Waals surface area contributed by atoms with Gasteiger partial charge in [0.05, 0.1) is 11.3 Å². The molecule has 0 atom stereocenters. The molecule has 0 saturated heterocycles. The van der Waals surface area contributed by atoms with Crippen LogP contribution in [0.1, 0.15) is 42.5 Å². The topological polar surface area (TPSA) is 92.4 Å². The minimum Gasteiger partial charge on any atom is -0.478 e. The number of benzene rings is 1. The molecule has 4 N–H and O–H groups in total. The Morgan fingerprint density at radius 3 is 2.48 bits per heavy atom. The van der Waals surface area contributed by atoms with Crippen molar-refractivity contribution < 1.29 is 14.7 Å². The number of carboxylic acid groups (broad SMARTS) is 1. The maximum Gasteiger partial charge on any atom is 0.337 e. The maximum absolute atomic E-state index is 12.2. The van der Waals surface area contributed by atoms with E-state index in [0.29, 0.717) is 8.95 Å². The molecular formula is C14H16Br2N2O3. The molecule has 0 heterocycles. The van der Waals surface area contributed by atoms with Gasteiger partial charge in [0.2, 0.25) is 5.91 Å². The fourth-order valence-electron chi connectivity index (χ4n) is 2.63. The molecule has 1 saturated carbocycles. The van der Waals surface area contributed by atoms with Crippen molar-refractivity contribution in [1.29, 1.82) is 0 Å². The molecule has 2 rings (SSSR count). The summed E-state index contributed by atoms with van der Waals surface area (Å²) in [6.45, 7) is 0. The number of carbonyl (C=O) groups excluding carboxylic acids is 1. The highest BCUT2D eigenvalue weighted by Gasteiger charge is 2.32. The standard InChI is InChI=1S/C14H16Br2N2O3/c15-8-5-9(13(20)21)12(10(16)6-8)18-11(19)7-14(17)3-1-2-4-14/h5-6H,1-4,7,17H2,(H,18,19)(H,20,21). The zero-order valence-corrected chi connectivity index (χ0v) is 14.5. The van der Waals surface area contributed by atoms with Gasteiger partial charge in [-0.3, -0.25) is 4.79 Å². The summed E-state index contributed by atoms with van der Waals surface area (Å²) >= 11 is 6.52.